The monoisotopic (exact) mass is 516 g/mol. The van der Waals surface area contributed by atoms with E-state index in [1.165, 1.54) is 17.8 Å². The summed E-state index contributed by atoms with van der Waals surface area (Å²) in [6, 6.07) is 19.5. The van der Waals surface area contributed by atoms with Gasteiger partial charge in [0.25, 0.3) is 0 Å². The van der Waals surface area contributed by atoms with E-state index in [-0.39, 0.29) is 5.82 Å². The first kappa shape index (κ1) is 23.3. The number of nitrogen functional groups attached to an aromatic ring is 1. The molecule has 2 fully saturated rings. The van der Waals surface area contributed by atoms with Crippen molar-refractivity contribution in [2.75, 3.05) is 31.9 Å². The highest BCUT2D eigenvalue weighted by molar-refractivity contribution is 5.92. The number of benzene rings is 1. The van der Waals surface area contributed by atoms with E-state index in [1.807, 2.05) is 29.3 Å². The molecule has 9 heteroatoms. The molecule has 0 bridgehead atoms. The highest BCUT2D eigenvalue weighted by atomic mass is 19.1. The van der Waals surface area contributed by atoms with E-state index in [1.54, 1.807) is 12.3 Å². The van der Waals surface area contributed by atoms with Crippen molar-refractivity contribution in [1.29, 1.82) is 5.26 Å². The largest absolute Gasteiger partial charge is 0.383 e. The highest BCUT2D eigenvalue weighted by Crippen LogP contribution is 2.40. The summed E-state index contributed by atoms with van der Waals surface area (Å²) in [7, 11) is 0. The van der Waals surface area contributed by atoms with Crippen LogP contribution in [0.3, 0.4) is 0 Å². The summed E-state index contributed by atoms with van der Waals surface area (Å²) in [4.78, 5) is 17.4. The second kappa shape index (κ2) is 8.89. The first-order chi connectivity index (χ1) is 19.0. The van der Waals surface area contributed by atoms with Crippen molar-refractivity contribution in [1.82, 2.24) is 29.3 Å². The predicted octanol–water partition coefficient (Wildman–Crippen LogP) is 4.47. The van der Waals surface area contributed by atoms with Gasteiger partial charge in [-0.05, 0) is 54.1 Å². The maximum Gasteiger partial charge on any atom is 0.179 e. The standard InChI is InChI=1S/C30H25FN8/c31-22-5-8-25(36-13-22)26-11-27-21(12-35-26)10-28(24-2-1-9-34-29(24)33)39(27)23-6-3-20(4-7-23)14-37-15-30(16-37)17-38(18-30)19-32/h1-13H,14-18H2,(H2,33,34). The SMILES string of the molecule is N#CN1CC2(C1)CN(Cc1ccc(-n3c(-c4cccnc4N)cc4cnc(-c5ccc(F)cn5)cc43)cc1)C2. The van der Waals surface area contributed by atoms with Crippen molar-refractivity contribution in [2.45, 2.75) is 6.54 Å². The van der Waals surface area contributed by atoms with Crippen LogP contribution >= 0.6 is 0 Å². The van der Waals surface area contributed by atoms with E-state index in [2.05, 4.69) is 60.9 Å². The van der Waals surface area contributed by atoms with E-state index in [0.717, 1.165) is 60.6 Å². The highest BCUT2D eigenvalue weighted by Gasteiger charge is 2.51. The number of nitrogens with two attached hydrogens (primary N) is 1. The number of aromatic nitrogens is 4. The van der Waals surface area contributed by atoms with Crippen molar-refractivity contribution in [3.8, 4) is 34.5 Å². The summed E-state index contributed by atoms with van der Waals surface area (Å²) in [5, 5.41) is 9.97. The lowest BCUT2D eigenvalue weighted by atomic mass is 9.73. The number of fused-ring (bicyclic) bond motifs is 1. The van der Waals surface area contributed by atoms with E-state index in [0.29, 0.717) is 22.6 Å². The van der Waals surface area contributed by atoms with Crippen molar-refractivity contribution in [3.05, 3.63) is 90.6 Å². The topological polar surface area (TPSA) is 99.9 Å². The Morgan fingerprint density at radius 1 is 0.923 bits per heavy atom. The molecule has 0 aliphatic carbocycles. The molecule has 5 aromatic rings. The van der Waals surface area contributed by atoms with Gasteiger partial charge in [-0.1, -0.05) is 12.1 Å². The third-order valence-electron chi connectivity index (χ3n) is 7.70. The minimum absolute atomic E-state index is 0.309. The maximum absolute atomic E-state index is 13.5. The second-order valence-electron chi connectivity index (χ2n) is 10.6. The minimum Gasteiger partial charge on any atom is -0.383 e. The molecule has 0 unspecified atom stereocenters. The minimum atomic E-state index is -0.386. The van der Waals surface area contributed by atoms with Crippen LogP contribution < -0.4 is 5.73 Å². The molecule has 4 aromatic heterocycles. The summed E-state index contributed by atoms with van der Waals surface area (Å²) < 4.78 is 15.6. The number of anilines is 1. The lowest BCUT2D eigenvalue weighted by molar-refractivity contribution is -0.0957. The van der Waals surface area contributed by atoms with Crippen LogP contribution in [-0.4, -0.2) is 55.5 Å². The van der Waals surface area contributed by atoms with Gasteiger partial charge in [0.05, 0.1) is 28.8 Å². The van der Waals surface area contributed by atoms with Gasteiger partial charge in [0, 0.05) is 67.2 Å². The Kier molecular flexibility index (Phi) is 5.32. The fourth-order valence-corrected chi connectivity index (χ4v) is 5.94. The Labute approximate surface area is 224 Å². The second-order valence-corrected chi connectivity index (χ2v) is 10.6. The Hall–Kier alpha value is -4.81. The van der Waals surface area contributed by atoms with Crippen LogP contribution in [0.25, 0.3) is 39.2 Å². The van der Waals surface area contributed by atoms with Crippen LogP contribution in [0.2, 0.25) is 0 Å². The summed E-state index contributed by atoms with van der Waals surface area (Å²) in [6.45, 7) is 4.71. The van der Waals surface area contributed by atoms with Gasteiger partial charge in [-0.2, -0.15) is 5.26 Å². The van der Waals surface area contributed by atoms with Gasteiger partial charge in [0.2, 0.25) is 0 Å². The molecule has 2 N–H and O–H groups in total. The van der Waals surface area contributed by atoms with Gasteiger partial charge in [-0.3, -0.25) is 14.9 Å². The van der Waals surface area contributed by atoms with Crippen LogP contribution in [0.5, 0.6) is 0 Å². The predicted molar refractivity (Wildman–Crippen MR) is 147 cm³/mol. The summed E-state index contributed by atoms with van der Waals surface area (Å²) in [6.07, 6.45) is 6.93. The lowest BCUT2D eigenvalue weighted by Gasteiger charge is -2.58. The molecule has 0 atom stereocenters. The number of halogens is 1. The molecular weight excluding hydrogens is 491 g/mol. The molecule has 1 aromatic carbocycles. The summed E-state index contributed by atoms with van der Waals surface area (Å²) in [5.74, 6) is 0.0621. The third kappa shape index (κ3) is 4.06. The van der Waals surface area contributed by atoms with Gasteiger partial charge in [0.15, 0.2) is 6.19 Å². The first-order valence-electron chi connectivity index (χ1n) is 12.8. The quantitative estimate of drug-likeness (QED) is 0.344. The lowest BCUT2D eigenvalue weighted by Crippen LogP contribution is -2.70. The molecule has 7 rings (SSSR count). The van der Waals surface area contributed by atoms with Crippen molar-refractivity contribution < 1.29 is 4.39 Å². The fraction of sp³-hybridized carbons (Fsp3) is 0.200. The number of nitriles is 1. The van der Waals surface area contributed by atoms with Crippen molar-refractivity contribution in [2.24, 2.45) is 5.41 Å². The number of rotatable bonds is 5. The van der Waals surface area contributed by atoms with Crippen LogP contribution in [0.15, 0.2) is 79.3 Å². The molecular formula is C30H25FN8. The molecule has 6 heterocycles. The Morgan fingerprint density at radius 2 is 1.72 bits per heavy atom. The molecule has 0 amide bonds. The Bertz CT molecular complexity index is 1720. The average molecular weight is 517 g/mol. The van der Waals surface area contributed by atoms with E-state index in [9.17, 15) is 4.39 Å². The maximum atomic E-state index is 13.5. The molecule has 2 saturated heterocycles. The van der Waals surface area contributed by atoms with Crippen LogP contribution in [0.1, 0.15) is 5.56 Å². The summed E-state index contributed by atoms with van der Waals surface area (Å²) in [5.41, 5.74) is 12.8. The van der Waals surface area contributed by atoms with Crippen LogP contribution in [0, 0.1) is 22.7 Å². The Balaban J connectivity index is 1.24. The van der Waals surface area contributed by atoms with Gasteiger partial charge in [-0.15, -0.1) is 0 Å². The smallest absolute Gasteiger partial charge is 0.179 e. The molecule has 39 heavy (non-hydrogen) atoms. The number of pyridine rings is 3. The van der Waals surface area contributed by atoms with E-state index < -0.39 is 0 Å². The number of likely N-dealkylation sites (tertiary alicyclic amines) is 2. The fourth-order valence-electron chi connectivity index (χ4n) is 5.94. The first-order valence-corrected chi connectivity index (χ1v) is 12.8. The molecule has 1 spiro atoms. The zero-order valence-corrected chi connectivity index (χ0v) is 21.1. The summed E-state index contributed by atoms with van der Waals surface area (Å²) >= 11 is 0. The van der Waals surface area contributed by atoms with Crippen LogP contribution in [-0.2, 0) is 6.54 Å². The van der Waals surface area contributed by atoms with Crippen molar-refractivity contribution >= 4 is 16.7 Å². The number of nitrogens with zero attached hydrogens (tertiary/aromatic N) is 7. The van der Waals surface area contributed by atoms with E-state index >= 15 is 0 Å². The van der Waals surface area contributed by atoms with E-state index in [4.69, 9.17) is 11.0 Å². The average Bonchev–Trinajstić information content (AvgIpc) is 3.29. The molecule has 192 valence electrons. The molecule has 2 aliphatic rings. The van der Waals surface area contributed by atoms with Gasteiger partial charge in [0.1, 0.15) is 11.6 Å². The molecule has 0 radical (unpaired) electrons. The third-order valence-corrected chi connectivity index (χ3v) is 7.70. The molecule has 2 aliphatic heterocycles. The zero-order valence-electron chi connectivity index (χ0n) is 21.1. The van der Waals surface area contributed by atoms with Crippen molar-refractivity contribution in [3.63, 3.8) is 0 Å². The molecule has 8 nitrogen and oxygen atoms in total. The van der Waals surface area contributed by atoms with Gasteiger partial charge in [-0.25, -0.2) is 9.37 Å². The number of hydrogen-bond donors (Lipinski definition) is 1. The number of hydrogen-bond acceptors (Lipinski definition) is 7. The Morgan fingerprint density at radius 3 is 2.44 bits per heavy atom. The zero-order chi connectivity index (χ0) is 26.6. The van der Waals surface area contributed by atoms with Crippen LogP contribution in [0.4, 0.5) is 10.2 Å². The normalized spacial score (nSPS) is 16.2. The van der Waals surface area contributed by atoms with Gasteiger partial charge < -0.3 is 15.2 Å². The molecule has 0 saturated carbocycles. The van der Waals surface area contributed by atoms with Gasteiger partial charge >= 0.3 is 0 Å².